The molecule has 1 fully saturated rings. The van der Waals surface area contributed by atoms with E-state index in [-0.39, 0.29) is 12.4 Å². The van der Waals surface area contributed by atoms with Crippen LogP contribution in [0.4, 0.5) is 0 Å². The van der Waals surface area contributed by atoms with E-state index in [2.05, 4.69) is 24.0 Å². The Labute approximate surface area is 89.7 Å². The molecule has 4 nitrogen and oxygen atoms in total. The molecule has 1 saturated carbocycles. The second-order valence-electron chi connectivity index (χ2n) is 4.33. The fourth-order valence-corrected chi connectivity index (χ4v) is 1.53. The van der Waals surface area contributed by atoms with Crippen molar-refractivity contribution in [3.63, 3.8) is 0 Å². The van der Waals surface area contributed by atoms with E-state index in [1.54, 1.807) is 0 Å². The molecule has 0 spiro atoms. The van der Waals surface area contributed by atoms with E-state index in [0.29, 0.717) is 24.3 Å². The lowest BCUT2D eigenvalue weighted by molar-refractivity contribution is 0.363. The molecule has 5 heteroatoms. The summed E-state index contributed by atoms with van der Waals surface area (Å²) in [5.74, 6) is 1.99. The molecular weight excluding hydrogens is 202 g/mol. The van der Waals surface area contributed by atoms with Crippen LogP contribution in [0.15, 0.2) is 4.52 Å². The van der Waals surface area contributed by atoms with Gasteiger partial charge in [-0.05, 0) is 18.4 Å². The maximum absolute atomic E-state index is 5.39. The monoisotopic (exact) mass is 217 g/mol. The van der Waals surface area contributed by atoms with Crippen LogP contribution < -0.4 is 5.73 Å². The first-order valence-corrected chi connectivity index (χ1v) is 4.66. The second-order valence-corrected chi connectivity index (χ2v) is 4.33. The summed E-state index contributed by atoms with van der Waals surface area (Å²) < 4.78 is 5.16. The van der Waals surface area contributed by atoms with Gasteiger partial charge in [0.15, 0.2) is 5.82 Å². The van der Waals surface area contributed by atoms with Crippen LogP contribution in [-0.4, -0.2) is 16.7 Å². The molecule has 0 aliphatic heterocycles. The standard InChI is InChI=1S/C9H15N3O.ClH/c1-9(2)5-6(9)8-11-7(3-4-10)12-13-8;/h6H,3-5,10H2,1-2H3;1H/t6-;/m1./s1. The van der Waals surface area contributed by atoms with Crippen LogP contribution in [0.3, 0.4) is 0 Å². The van der Waals surface area contributed by atoms with Crippen molar-refractivity contribution >= 4 is 12.4 Å². The van der Waals surface area contributed by atoms with Crippen molar-refractivity contribution in [1.82, 2.24) is 10.1 Å². The van der Waals surface area contributed by atoms with E-state index in [0.717, 1.165) is 18.1 Å². The number of nitrogens with two attached hydrogens (primary N) is 1. The van der Waals surface area contributed by atoms with Gasteiger partial charge in [-0.2, -0.15) is 4.98 Å². The van der Waals surface area contributed by atoms with Crippen molar-refractivity contribution in [3.8, 4) is 0 Å². The Kier molecular flexibility index (Phi) is 3.17. The number of nitrogens with zero attached hydrogens (tertiary/aromatic N) is 2. The maximum atomic E-state index is 5.39. The second kappa shape index (κ2) is 3.87. The van der Waals surface area contributed by atoms with E-state index in [4.69, 9.17) is 10.3 Å². The average Bonchev–Trinajstić information content (AvgIpc) is 2.52. The van der Waals surface area contributed by atoms with Crippen LogP contribution in [-0.2, 0) is 6.42 Å². The maximum Gasteiger partial charge on any atom is 0.230 e. The van der Waals surface area contributed by atoms with Gasteiger partial charge >= 0.3 is 0 Å². The molecule has 1 atom stereocenters. The van der Waals surface area contributed by atoms with Gasteiger partial charge in [-0.1, -0.05) is 19.0 Å². The molecule has 0 radical (unpaired) electrons. The molecule has 2 N–H and O–H groups in total. The fraction of sp³-hybridized carbons (Fsp3) is 0.778. The summed E-state index contributed by atoms with van der Waals surface area (Å²) in [6.45, 7) is 5.00. The minimum Gasteiger partial charge on any atom is -0.339 e. The molecule has 0 bridgehead atoms. The molecule has 14 heavy (non-hydrogen) atoms. The van der Waals surface area contributed by atoms with Gasteiger partial charge in [0.2, 0.25) is 5.89 Å². The van der Waals surface area contributed by atoms with Crippen molar-refractivity contribution in [1.29, 1.82) is 0 Å². The Hall–Kier alpha value is -0.610. The minimum absolute atomic E-state index is 0. The molecule has 80 valence electrons. The highest BCUT2D eigenvalue weighted by Gasteiger charge is 2.50. The largest absolute Gasteiger partial charge is 0.339 e. The van der Waals surface area contributed by atoms with Crippen LogP contribution in [0, 0.1) is 5.41 Å². The molecule has 1 aliphatic carbocycles. The summed E-state index contributed by atoms with van der Waals surface area (Å²) in [6, 6.07) is 0. The zero-order valence-corrected chi connectivity index (χ0v) is 9.30. The molecule has 1 aromatic rings. The molecule has 1 aromatic heterocycles. The van der Waals surface area contributed by atoms with E-state index in [1.165, 1.54) is 0 Å². The SMILES string of the molecule is CC1(C)C[C@@H]1c1nc(CCN)no1.Cl. The Morgan fingerprint density at radius 1 is 1.57 bits per heavy atom. The molecule has 1 heterocycles. The fourth-order valence-electron chi connectivity index (χ4n) is 1.53. The third-order valence-corrected chi connectivity index (χ3v) is 2.66. The van der Waals surface area contributed by atoms with Gasteiger partial charge in [0.1, 0.15) is 0 Å². The summed E-state index contributed by atoms with van der Waals surface area (Å²) in [4.78, 5) is 4.30. The van der Waals surface area contributed by atoms with Crippen molar-refractivity contribution in [2.75, 3.05) is 6.54 Å². The molecular formula is C9H16ClN3O. The molecule has 0 amide bonds. The van der Waals surface area contributed by atoms with Crippen LogP contribution in [0.25, 0.3) is 0 Å². The summed E-state index contributed by atoms with van der Waals surface area (Å²) >= 11 is 0. The molecule has 0 unspecified atom stereocenters. The third-order valence-electron chi connectivity index (χ3n) is 2.66. The zero-order chi connectivity index (χ0) is 9.47. The van der Waals surface area contributed by atoms with Crippen LogP contribution >= 0.6 is 12.4 Å². The Balaban J connectivity index is 0.000000980. The lowest BCUT2D eigenvalue weighted by Gasteiger charge is -1.95. The Morgan fingerprint density at radius 2 is 2.21 bits per heavy atom. The van der Waals surface area contributed by atoms with Gasteiger partial charge in [0.25, 0.3) is 0 Å². The highest BCUT2D eigenvalue weighted by Crippen LogP contribution is 2.57. The van der Waals surface area contributed by atoms with Gasteiger partial charge in [0, 0.05) is 12.3 Å². The smallest absolute Gasteiger partial charge is 0.230 e. The normalized spacial score (nSPS) is 22.9. The summed E-state index contributed by atoms with van der Waals surface area (Å²) in [6.07, 6.45) is 1.86. The number of aromatic nitrogens is 2. The Morgan fingerprint density at radius 3 is 2.71 bits per heavy atom. The highest BCUT2D eigenvalue weighted by molar-refractivity contribution is 5.85. The van der Waals surface area contributed by atoms with E-state index in [1.807, 2.05) is 0 Å². The number of hydrogen-bond acceptors (Lipinski definition) is 4. The summed E-state index contributed by atoms with van der Waals surface area (Å²) in [5.41, 5.74) is 5.75. The van der Waals surface area contributed by atoms with Gasteiger partial charge in [0.05, 0.1) is 0 Å². The number of halogens is 1. The summed E-state index contributed by atoms with van der Waals surface area (Å²) in [5, 5.41) is 3.87. The first-order chi connectivity index (χ1) is 6.13. The topological polar surface area (TPSA) is 64.9 Å². The molecule has 0 aromatic carbocycles. The van der Waals surface area contributed by atoms with Gasteiger partial charge in [-0.15, -0.1) is 12.4 Å². The lowest BCUT2D eigenvalue weighted by atomic mass is 10.1. The first kappa shape index (κ1) is 11.5. The number of rotatable bonds is 3. The zero-order valence-electron chi connectivity index (χ0n) is 8.49. The van der Waals surface area contributed by atoms with Gasteiger partial charge in [-0.3, -0.25) is 0 Å². The summed E-state index contributed by atoms with van der Waals surface area (Å²) in [7, 11) is 0. The van der Waals surface area contributed by atoms with E-state index in [9.17, 15) is 0 Å². The van der Waals surface area contributed by atoms with Crippen molar-refractivity contribution < 1.29 is 4.52 Å². The van der Waals surface area contributed by atoms with Crippen LogP contribution in [0.1, 0.15) is 37.9 Å². The van der Waals surface area contributed by atoms with Crippen molar-refractivity contribution in [2.45, 2.75) is 32.6 Å². The van der Waals surface area contributed by atoms with Crippen molar-refractivity contribution in [3.05, 3.63) is 11.7 Å². The molecule has 2 rings (SSSR count). The van der Waals surface area contributed by atoms with Crippen LogP contribution in [0.2, 0.25) is 0 Å². The molecule has 1 aliphatic rings. The minimum atomic E-state index is 0. The van der Waals surface area contributed by atoms with Gasteiger partial charge < -0.3 is 10.3 Å². The van der Waals surface area contributed by atoms with Gasteiger partial charge in [-0.25, -0.2) is 0 Å². The quantitative estimate of drug-likeness (QED) is 0.834. The Bertz CT molecular complexity index is 311. The number of hydrogen-bond donors (Lipinski definition) is 1. The predicted molar refractivity (Wildman–Crippen MR) is 55.4 cm³/mol. The van der Waals surface area contributed by atoms with Crippen molar-refractivity contribution in [2.24, 2.45) is 11.1 Å². The van der Waals surface area contributed by atoms with Crippen LogP contribution in [0.5, 0.6) is 0 Å². The average molecular weight is 218 g/mol. The predicted octanol–water partition coefficient (Wildman–Crippen LogP) is 1.51. The lowest BCUT2D eigenvalue weighted by Crippen LogP contribution is -2.04. The first-order valence-electron chi connectivity index (χ1n) is 4.66. The highest BCUT2D eigenvalue weighted by atomic mass is 35.5. The van der Waals surface area contributed by atoms with E-state index >= 15 is 0 Å². The van der Waals surface area contributed by atoms with E-state index < -0.39 is 0 Å². The third kappa shape index (κ3) is 2.07. The molecule has 0 saturated heterocycles.